The van der Waals surface area contributed by atoms with Crippen LogP contribution < -0.4 is 10.6 Å². The largest absolute Gasteiger partial charge is 0.395 e. The highest BCUT2D eigenvalue weighted by Gasteiger charge is 2.54. The van der Waals surface area contributed by atoms with Gasteiger partial charge in [-0.15, -0.1) is 0 Å². The van der Waals surface area contributed by atoms with Crippen LogP contribution in [0, 0.1) is 17.8 Å². The third kappa shape index (κ3) is 5.21. The maximum absolute atomic E-state index is 12.9. The SMILES string of the molecule is O=C(c1ccc(Nc2ncc(Br)c(NC3C4CC5CC3CC(O)(C5)C4)n2)cc1)N1CCN(CCO)CC1. The van der Waals surface area contributed by atoms with E-state index in [4.69, 9.17) is 10.1 Å². The maximum atomic E-state index is 12.9. The molecule has 2 atom stereocenters. The highest BCUT2D eigenvalue weighted by Crippen LogP contribution is 2.56. The van der Waals surface area contributed by atoms with Crippen molar-refractivity contribution in [3.63, 3.8) is 0 Å². The van der Waals surface area contributed by atoms with E-state index in [0.29, 0.717) is 54.9 Å². The summed E-state index contributed by atoms with van der Waals surface area (Å²) in [5.74, 6) is 2.93. The number of aromatic nitrogens is 2. The monoisotopic (exact) mass is 570 g/mol. The molecule has 0 radical (unpaired) electrons. The van der Waals surface area contributed by atoms with E-state index in [0.717, 1.165) is 48.3 Å². The van der Waals surface area contributed by atoms with Gasteiger partial charge in [0.2, 0.25) is 5.95 Å². The second kappa shape index (κ2) is 10.1. The molecule has 0 spiro atoms. The molecule has 5 fully saturated rings. The van der Waals surface area contributed by atoms with Crippen LogP contribution in [0.3, 0.4) is 0 Å². The fourth-order valence-electron chi connectivity index (χ4n) is 7.23. The van der Waals surface area contributed by atoms with Crippen molar-refractivity contribution in [1.29, 1.82) is 0 Å². The van der Waals surface area contributed by atoms with Gasteiger partial charge in [0.1, 0.15) is 5.82 Å². The van der Waals surface area contributed by atoms with Crippen molar-refractivity contribution in [3.05, 3.63) is 40.5 Å². The van der Waals surface area contributed by atoms with Gasteiger partial charge in [-0.05, 0) is 90.1 Å². The molecule has 2 heterocycles. The van der Waals surface area contributed by atoms with Crippen molar-refractivity contribution < 1.29 is 15.0 Å². The Kier molecular flexibility index (Phi) is 6.85. The summed E-state index contributed by atoms with van der Waals surface area (Å²) in [5.41, 5.74) is 1.02. The lowest BCUT2D eigenvalue weighted by Crippen LogP contribution is -2.59. The molecule has 4 saturated carbocycles. The Morgan fingerprint density at radius 3 is 2.43 bits per heavy atom. The summed E-state index contributed by atoms with van der Waals surface area (Å²) in [5, 5.41) is 27.0. The average Bonchev–Trinajstić information content (AvgIpc) is 2.88. The molecule has 1 saturated heterocycles. The van der Waals surface area contributed by atoms with Crippen LogP contribution in [0.25, 0.3) is 0 Å². The Labute approximate surface area is 225 Å². The Bertz CT molecular complexity index is 1120. The van der Waals surface area contributed by atoms with Crippen molar-refractivity contribution in [1.82, 2.24) is 19.8 Å². The van der Waals surface area contributed by atoms with Crippen molar-refractivity contribution in [3.8, 4) is 0 Å². The molecule has 37 heavy (non-hydrogen) atoms. The topological polar surface area (TPSA) is 114 Å². The number of hydrogen-bond donors (Lipinski definition) is 4. The Balaban J connectivity index is 1.09. The number of β-amino-alcohol motifs (C(OH)–C–C–N with tert-alkyl or cyclic N) is 1. The fourth-order valence-corrected chi connectivity index (χ4v) is 7.53. The van der Waals surface area contributed by atoms with Crippen LogP contribution in [-0.2, 0) is 0 Å². The van der Waals surface area contributed by atoms with E-state index in [1.807, 2.05) is 29.2 Å². The molecule has 10 heteroatoms. The minimum Gasteiger partial charge on any atom is -0.395 e. The van der Waals surface area contributed by atoms with Gasteiger partial charge in [-0.3, -0.25) is 9.69 Å². The number of aliphatic hydroxyl groups excluding tert-OH is 1. The number of nitrogens with zero attached hydrogens (tertiary/aromatic N) is 4. The first-order valence-corrected chi connectivity index (χ1v) is 14.2. The summed E-state index contributed by atoms with van der Waals surface area (Å²) in [4.78, 5) is 26.1. The zero-order chi connectivity index (χ0) is 25.6. The molecule has 198 valence electrons. The minimum atomic E-state index is -0.452. The van der Waals surface area contributed by atoms with Gasteiger partial charge in [-0.2, -0.15) is 4.98 Å². The molecule has 1 aromatic heterocycles. The molecular weight excluding hydrogens is 536 g/mol. The zero-order valence-corrected chi connectivity index (χ0v) is 22.5. The molecular formula is C27H35BrN6O3. The first-order chi connectivity index (χ1) is 17.9. The number of rotatable bonds is 7. The van der Waals surface area contributed by atoms with E-state index in [1.165, 1.54) is 12.8 Å². The number of piperazine rings is 1. The van der Waals surface area contributed by atoms with E-state index >= 15 is 0 Å². The molecule has 4 N–H and O–H groups in total. The predicted molar refractivity (Wildman–Crippen MR) is 145 cm³/mol. The number of carbonyl (C=O) groups excluding carboxylic acids is 1. The summed E-state index contributed by atoms with van der Waals surface area (Å²) < 4.78 is 0.825. The molecule has 2 unspecified atom stereocenters. The van der Waals surface area contributed by atoms with Gasteiger partial charge in [0, 0.05) is 56.2 Å². The second-order valence-corrected chi connectivity index (χ2v) is 12.2. The van der Waals surface area contributed by atoms with Gasteiger partial charge in [0.25, 0.3) is 5.91 Å². The molecule has 1 amide bonds. The first-order valence-electron chi connectivity index (χ1n) is 13.4. The predicted octanol–water partition coefficient (Wildman–Crippen LogP) is 3.08. The molecule has 1 aliphatic heterocycles. The number of anilines is 3. The minimum absolute atomic E-state index is 0.0295. The lowest BCUT2D eigenvalue weighted by Gasteiger charge is -2.58. The van der Waals surface area contributed by atoms with Gasteiger partial charge >= 0.3 is 0 Å². The molecule has 4 aliphatic carbocycles. The molecule has 4 bridgehead atoms. The van der Waals surface area contributed by atoms with E-state index in [2.05, 4.69) is 36.4 Å². The van der Waals surface area contributed by atoms with Gasteiger partial charge in [-0.25, -0.2) is 4.98 Å². The van der Waals surface area contributed by atoms with Gasteiger partial charge in [-0.1, -0.05) is 0 Å². The normalized spacial score (nSPS) is 30.9. The number of nitrogens with one attached hydrogen (secondary N) is 2. The standard InChI is InChI=1S/C27H35BrN6O3/c28-22-16-29-26(32-24(22)31-23-19-11-17-12-20(23)15-27(37,13-17)14-19)30-21-3-1-18(2-4-21)25(36)34-7-5-33(6-8-34)9-10-35/h1-4,16-17,19-20,23,35,37H,5-15H2,(H2,29,30,31,32). The number of carbonyl (C=O) groups is 1. The summed E-state index contributed by atoms with van der Waals surface area (Å²) in [6.45, 7) is 3.71. The Hall–Kier alpha value is -2.27. The van der Waals surface area contributed by atoms with E-state index in [-0.39, 0.29) is 12.5 Å². The third-order valence-corrected chi connectivity index (χ3v) is 9.33. The van der Waals surface area contributed by atoms with Crippen LogP contribution in [0.2, 0.25) is 0 Å². The first kappa shape index (κ1) is 25.0. The number of aliphatic hydroxyl groups is 2. The number of amides is 1. The molecule has 9 nitrogen and oxygen atoms in total. The van der Waals surface area contributed by atoms with Crippen molar-refractivity contribution in [2.75, 3.05) is 50.0 Å². The van der Waals surface area contributed by atoms with Gasteiger partial charge < -0.3 is 25.7 Å². The summed E-state index contributed by atoms with van der Waals surface area (Å²) in [7, 11) is 0. The van der Waals surface area contributed by atoms with E-state index in [9.17, 15) is 9.90 Å². The Morgan fingerprint density at radius 1 is 1.08 bits per heavy atom. The second-order valence-electron chi connectivity index (χ2n) is 11.3. The van der Waals surface area contributed by atoms with E-state index < -0.39 is 5.60 Å². The van der Waals surface area contributed by atoms with Crippen molar-refractivity contribution >= 4 is 39.3 Å². The lowest BCUT2D eigenvalue weighted by molar-refractivity contribution is -0.129. The van der Waals surface area contributed by atoms with Crippen LogP contribution in [0.4, 0.5) is 17.5 Å². The van der Waals surface area contributed by atoms with Crippen LogP contribution in [-0.4, -0.2) is 86.9 Å². The molecule has 1 aromatic carbocycles. The molecule has 7 rings (SSSR count). The Morgan fingerprint density at radius 2 is 1.78 bits per heavy atom. The highest BCUT2D eigenvalue weighted by molar-refractivity contribution is 9.10. The lowest BCUT2D eigenvalue weighted by atomic mass is 9.52. The molecule has 5 aliphatic rings. The van der Waals surface area contributed by atoms with Crippen LogP contribution in [0.5, 0.6) is 0 Å². The summed E-state index contributed by atoms with van der Waals surface area (Å²) >= 11 is 3.61. The zero-order valence-electron chi connectivity index (χ0n) is 20.9. The highest BCUT2D eigenvalue weighted by atomic mass is 79.9. The van der Waals surface area contributed by atoms with Crippen LogP contribution in [0.15, 0.2) is 34.9 Å². The van der Waals surface area contributed by atoms with Gasteiger partial charge in [0.05, 0.1) is 16.7 Å². The number of benzene rings is 1. The fraction of sp³-hybridized carbons (Fsp3) is 0.593. The summed E-state index contributed by atoms with van der Waals surface area (Å²) in [6.07, 6.45) is 6.88. The van der Waals surface area contributed by atoms with Crippen LogP contribution >= 0.6 is 15.9 Å². The third-order valence-electron chi connectivity index (χ3n) is 8.75. The summed E-state index contributed by atoms with van der Waals surface area (Å²) in [6, 6.07) is 7.76. The quantitative estimate of drug-likeness (QED) is 0.401. The smallest absolute Gasteiger partial charge is 0.253 e. The van der Waals surface area contributed by atoms with Crippen molar-refractivity contribution in [2.24, 2.45) is 17.8 Å². The maximum Gasteiger partial charge on any atom is 0.253 e. The number of halogens is 1. The average molecular weight is 572 g/mol. The van der Waals surface area contributed by atoms with E-state index in [1.54, 1.807) is 6.20 Å². The van der Waals surface area contributed by atoms with Crippen molar-refractivity contribution in [2.45, 2.75) is 43.7 Å². The molecule has 2 aromatic rings. The number of hydrogen-bond acceptors (Lipinski definition) is 8. The van der Waals surface area contributed by atoms with Crippen LogP contribution in [0.1, 0.15) is 42.5 Å². The van der Waals surface area contributed by atoms with Gasteiger partial charge in [0.15, 0.2) is 0 Å².